The fourth-order valence-electron chi connectivity index (χ4n) is 1.76. The summed E-state index contributed by atoms with van der Waals surface area (Å²) in [4.78, 5) is 11.9. The second-order valence-corrected chi connectivity index (χ2v) is 6.46. The third-order valence-corrected chi connectivity index (χ3v) is 3.13. The van der Waals surface area contributed by atoms with E-state index in [1.54, 1.807) is 0 Å². The van der Waals surface area contributed by atoms with Crippen LogP contribution in [0.1, 0.15) is 38.8 Å². The van der Waals surface area contributed by atoms with Gasteiger partial charge in [-0.1, -0.05) is 35.5 Å². The van der Waals surface area contributed by atoms with Gasteiger partial charge in [0, 0.05) is 16.5 Å². The largest absolute Gasteiger partial charge is 0.457 e. The molecule has 0 heterocycles. The van der Waals surface area contributed by atoms with Crippen molar-refractivity contribution in [2.24, 2.45) is 0 Å². The van der Waals surface area contributed by atoms with Gasteiger partial charge < -0.3 is 4.74 Å². The molecule has 0 N–H and O–H groups in total. The third-order valence-electron chi connectivity index (χ3n) is 2.64. The fourth-order valence-corrected chi connectivity index (χ4v) is 2.16. The van der Waals surface area contributed by atoms with Crippen LogP contribution in [0.25, 0.3) is 0 Å². The molecule has 0 fully saturated rings. The molecule has 0 unspecified atom stereocenters. The van der Waals surface area contributed by atoms with E-state index >= 15 is 0 Å². The first-order chi connectivity index (χ1) is 8.73. The maximum absolute atomic E-state index is 11.9. The Bertz CT molecular complexity index is 484. The topological polar surface area (TPSA) is 26.3 Å². The van der Waals surface area contributed by atoms with Gasteiger partial charge in [0.05, 0.1) is 0 Å². The van der Waals surface area contributed by atoms with E-state index in [9.17, 15) is 4.79 Å². The number of rotatable bonds is 4. The molecule has 0 aliphatic heterocycles. The van der Waals surface area contributed by atoms with Crippen molar-refractivity contribution < 1.29 is 9.53 Å². The molecule has 0 bridgehead atoms. The summed E-state index contributed by atoms with van der Waals surface area (Å²) in [6.45, 7) is 11.5. The molecule has 3 heteroatoms. The van der Waals surface area contributed by atoms with Crippen LogP contribution in [0, 0.1) is 0 Å². The molecule has 0 atom stereocenters. The zero-order valence-corrected chi connectivity index (χ0v) is 13.6. The predicted octanol–water partition coefficient (Wildman–Crippen LogP) is 4.45. The molecule has 104 valence electrons. The second kappa shape index (κ2) is 6.38. The van der Waals surface area contributed by atoms with E-state index in [2.05, 4.69) is 35.5 Å². The second-order valence-electron chi connectivity index (χ2n) is 5.55. The van der Waals surface area contributed by atoms with E-state index in [4.69, 9.17) is 4.74 Å². The van der Waals surface area contributed by atoms with Gasteiger partial charge in [-0.25, -0.2) is 4.79 Å². The van der Waals surface area contributed by atoms with Crippen molar-refractivity contribution in [1.29, 1.82) is 0 Å². The number of hydrogen-bond acceptors (Lipinski definition) is 2. The molecule has 0 aromatic heterocycles. The van der Waals surface area contributed by atoms with Gasteiger partial charge in [-0.3, -0.25) is 0 Å². The van der Waals surface area contributed by atoms with Crippen LogP contribution >= 0.6 is 15.9 Å². The van der Waals surface area contributed by atoms with Gasteiger partial charge in [0.2, 0.25) is 0 Å². The molecule has 0 aliphatic carbocycles. The normalized spacial score (nSPS) is 11.2. The SMILES string of the molecule is C=C(Cc1cc(Br)ccc1CC)C(=O)OC(C)(C)C. The predicted molar refractivity (Wildman–Crippen MR) is 82.2 cm³/mol. The molecular formula is C16H21BrO2. The van der Waals surface area contributed by atoms with Crippen LogP contribution in [0.15, 0.2) is 34.8 Å². The summed E-state index contributed by atoms with van der Waals surface area (Å²) in [6.07, 6.45) is 1.46. The first-order valence-corrected chi connectivity index (χ1v) is 7.20. The van der Waals surface area contributed by atoms with E-state index in [0.29, 0.717) is 12.0 Å². The van der Waals surface area contributed by atoms with Gasteiger partial charge in [-0.15, -0.1) is 0 Å². The van der Waals surface area contributed by atoms with Crippen LogP contribution in [0.3, 0.4) is 0 Å². The molecule has 1 rings (SSSR count). The Morgan fingerprint density at radius 1 is 1.32 bits per heavy atom. The molecule has 1 aromatic carbocycles. The van der Waals surface area contributed by atoms with Gasteiger partial charge >= 0.3 is 5.97 Å². The van der Waals surface area contributed by atoms with E-state index in [1.807, 2.05) is 32.9 Å². The monoisotopic (exact) mass is 324 g/mol. The Hall–Kier alpha value is -1.09. The van der Waals surface area contributed by atoms with Crippen LogP contribution in [-0.2, 0) is 22.4 Å². The highest BCUT2D eigenvalue weighted by atomic mass is 79.9. The summed E-state index contributed by atoms with van der Waals surface area (Å²) < 4.78 is 6.34. The van der Waals surface area contributed by atoms with Crippen molar-refractivity contribution in [1.82, 2.24) is 0 Å². The van der Waals surface area contributed by atoms with Crippen molar-refractivity contribution in [2.75, 3.05) is 0 Å². The maximum Gasteiger partial charge on any atom is 0.334 e. The van der Waals surface area contributed by atoms with Gasteiger partial charge in [0.25, 0.3) is 0 Å². The Morgan fingerprint density at radius 3 is 2.47 bits per heavy atom. The van der Waals surface area contributed by atoms with Crippen LogP contribution in [-0.4, -0.2) is 11.6 Å². The summed E-state index contributed by atoms with van der Waals surface area (Å²) in [6, 6.07) is 6.12. The average molecular weight is 325 g/mol. The lowest BCUT2D eigenvalue weighted by molar-refractivity contribution is -0.149. The van der Waals surface area contributed by atoms with Gasteiger partial charge in [-0.2, -0.15) is 0 Å². The van der Waals surface area contributed by atoms with E-state index in [-0.39, 0.29) is 5.97 Å². The fraction of sp³-hybridized carbons (Fsp3) is 0.438. The molecule has 0 saturated heterocycles. The molecule has 1 aromatic rings. The lowest BCUT2D eigenvalue weighted by atomic mass is 9.99. The molecule has 0 radical (unpaired) electrons. The Labute approximate surface area is 124 Å². The number of carbonyl (C=O) groups excluding carboxylic acids is 1. The molecule has 0 saturated carbocycles. The van der Waals surface area contributed by atoms with Crippen molar-refractivity contribution in [3.05, 3.63) is 46.0 Å². The minimum Gasteiger partial charge on any atom is -0.457 e. The lowest BCUT2D eigenvalue weighted by Crippen LogP contribution is -2.25. The summed E-state index contributed by atoms with van der Waals surface area (Å²) >= 11 is 3.46. The van der Waals surface area contributed by atoms with E-state index in [1.165, 1.54) is 5.56 Å². The zero-order chi connectivity index (χ0) is 14.6. The van der Waals surface area contributed by atoms with Crippen LogP contribution < -0.4 is 0 Å². The summed E-state index contributed by atoms with van der Waals surface area (Å²) in [7, 11) is 0. The van der Waals surface area contributed by atoms with Gasteiger partial charge in [0.15, 0.2) is 0 Å². The van der Waals surface area contributed by atoms with Gasteiger partial charge in [-0.05, 0) is 50.5 Å². The first kappa shape index (κ1) is 16.0. The highest BCUT2D eigenvalue weighted by Gasteiger charge is 2.19. The van der Waals surface area contributed by atoms with Gasteiger partial charge in [0.1, 0.15) is 5.60 Å². The quantitative estimate of drug-likeness (QED) is 0.604. The number of carbonyl (C=O) groups is 1. The smallest absolute Gasteiger partial charge is 0.334 e. The van der Waals surface area contributed by atoms with E-state index < -0.39 is 5.60 Å². The highest BCUT2D eigenvalue weighted by molar-refractivity contribution is 9.10. The first-order valence-electron chi connectivity index (χ1n) is 6.41. The Balaban J connectivity index is 2.82. The van der Waals surface area contributed by atoms with Crippen LogP contribution in [0.4, 0.5) is 0 Å². The Morgan fingerprint density at radius 2 is 1.95 bits per heavy atom. The zero-order valence-electron chi connectivity index (χ0n) is 12.0. The molecule has 0 aliphatic rings. The molecule has 2 nitrogen and oxygen atoms in total. The summed E-state index contributed by atoms with van der Waals surface area (Å²) in [5, 5.41) is 0. The summed E-state index contributed by atoms with van der Waals surface area (Å²) in [5.41, 5.74) is 2.36. The molecule has 19 heavy (non-hydrogen) atoms. The number of benzene rings is 1. The van der Waals surface area contributed by atoms with Crippen molar-refractivity contribution in [3.8, 4) is 0 Å². The average Bonchev–Trinajstić information content (AvgIpc) is 2.27. The molecule has 0 spiro atoms. The molecular weight excluding hydrogens is 304 g/mol. The van der Waals surface area contributed by atoms with E-state index in [0.717, 1.165) is 16.5 Å². The minimum atomic E-state index is -0.481. The number of halogens is 1. The lowest BCUT2D eigenvalue weighted by Gasteiger charge is -2.20. The van der Waals surface area contributed by atoms with Crippen molar-refractivity contribution in [3.63, 3.8) is 0 Å². The molecule has 0 amide bonds. The summed E-state index contributed by atoms with van der Waals surface area (Å²) in [5.74, 6) is -0.325. The standard InChI is InChI=1S/C16H21BrO2/c1-6-12-7-8-14(17)10-13(12)9-11(2)15(18)19-16(3,4)5/h7-8,10H,2,6,9H2,1,3-5H3. The highest BCUT2D eigenvalue weighted by Crippen LogP contribution is 2.21. The number of esters is 1. The number of ether oxygens (including phenoxy) is 1. The minimum absolute atomic E-state index is 0.325. The Kier molecular flexibility index (Phi) is 5.36. The van der Waals surface area contributed by atoms with Crippen LogP contribution in [0.2, 0.25) is 0 Å². The maximum atomic E-state index is 11.9. The third kappa shape index (κ3) is 5.19. The van der Waals surface area contributed by atoms with Crippen molar-refractivity contribution >= 4 is 21.9 Å². The van der Waals surface area contributed by atoms with Crippen LogP contribution in [0.5, 0.6) is 0 Å². The number of aryl methyl sites for hydroxylation is 1. The van der Waals surface area contributed by atoms with Crippen molar-refractivity contribution in [2.45, 2.75) is 46.1 Å². The number of hydrogen-bond donors (Lipinski definition) is 0.